The average molecular weight is 225 g/mol. The molecule has 0 aliphatic heterocycles. The molecule has 0 fully saturated rings. The summed E-state index contributed by atoms with van der Waals surface area (Å²) in [4.78, 5) is 11.1. The predicted molar refractivity (Wildman–Crippen MR) is 60.8 cm³/mol. The molecule has 0 radical (unpaired) electrons. The highest BCUT2D eigenvalue weighted by Gasteiger charge is 2.13. The molecular weight excluding hydrogens is 206 g/mol. The number of ether oxygens (including phenoxy) is 1. The van der Waals surface area contributed by atoms with E-state index in [9.17, 15) is 4.79 Å². The molecule has 90 valence electrons. The van der Waals surface area contributed by atoms with Gasteiger partial charge in [-0.15, -0.1) is 0 Å². The first kappa shape index (κ1) is 12.7. The van der Waals surface area contributed by atoms with E-state index in [1.807, 2.05) is 17.1 Å². The Kier molecular flexibility index (Phi) is 4.98. The molecular formula is C11H19N3O2. The molecule has 0 aliphatic carbocycles. The summed E-state index contributed by atoms with van der Waals surface area (Å²) in [6, 6.07) is -0.566. The first-order chi connectivity index (χ1) is 7.67. The largest absolute Gasteiger partial charge is 0.468 e. The zero-order valence-electron chi connectivity index (χ0n) is 9.85. The zero-order chi connectivity index (χ0) is 12.0. The fraction of sp³-hybridized carbons (Fsp3) is 0.636. The highest BCUT2D eigenvalue weighted by Crippen LogP contribution is 2.03. The Labute approximate surface area is 95.6 Å². The van der Waals surface area contributed by atoms with Gasteiger partial charge in [0.2, 0.25) is 0 Å². The summed E-state index contributed by atoms with van der Waals surface area (Å²) in [6.07, 6.45) is 6.52. The van der Waals surface area contributed by atoms with Crippen molar-refractivity contribution in [2.75, 3.05) is 7.11 Å². The second kappa shape index (κ2) is 6.27. The summed E-state index contributed by atoms with van der Waals surface area (Å²) < 4.78 is 6.36. The lowest BCUT2D eigenvalue weighted by molar-refractivity contribution is -0.142. The Hall–Kier alpha value is -1.36. The van der Waals surface area contributed by atoms with Gasteiger partial charge in [-0.3, -0.25) is 9.48 Å². The second-order valence-electron chi connectivity index (χ2n) is 3.78. The molecule has 1 atom stereocenters. The lowest BCUT2D eigenvalue weighted by Gasteiger charge is -2.08. The van der Waals surface area contributed by atoms with Gasteiger partial charge in [0.1, 0.15) is 6.04 Å². The van der Waals surface area contributed by atoms with E-state index in [-0.39, 0.29) is 5.97 Å². The van der Waals surface area contributed by atoms with Crippen LogP contribution in [0.5, 0.6) is 0 Å². The van der Waals surface area contributed by atoms with Crippen molar-refractivity contribution >= 4 is 5.97 Å². The number of hydrogen-bond donors (Lipinski definition) is 1. The first-order valence-electron chi connectivity index (χ1n) is 5.52. The molecule has 1 rings (SSSR count). The quantitative estimate of drug-likeness (QED) is 0.724. The van der Waals surface area contributed by atoms with Crippen LogP contribution in [0.25, 0.3) is 0 Å². The van der Waals surface area contributed by atoms with Gasteiger partial charge in [0.05, 0.1) is 13.3 Å². The maximum atomic E-state index is 11.1. The molecule has 0 saturated carbocycles. The SMILES string of the molecule is CCCc1cnn(CCC(N)C(=O)OC)c1. The van der Waals surface area contributed by atoms with Crippen molar-refractivity contribution in [2.24, 2.45) is 5.73 Å². The highest BCUT2D eigenvalue weighted by molar-refractivity contribution is 5.75. The van der Waals surface area contributed by atoms with Crippen LogP contribution in [0, 0.1) is 0 Å². The minimum atomic E-state index is -0.566. The van der Waals surface area contributed by atoms with Gasteiger partial charge in [-0.2, -0.15) is 5.10 Å². The number of rotatable bonds is 6. The summed E-state index contributed by atoms with van der Waals surface area (Å²) in [5, 5.41) is 4.20. The van der Waals surface area contributed by atoms with Crippen LogP contribution in [0.1, 0.15) is 25.3 Å². The number of hydrogen-bond acceptors (Lipinski definition) is 4. The minimum absolute atomic E-state index is 0.374. The van der Waals surface area contributed by atoms with Crippen LogP contribution in [0.2, 0.25) is 0 Å². The van der Waals surface area contributed by atoms with E-state index >= 15 is 0 Å². The third-order valence-electron chi connectivity index (χ3n) is 2.40. The molecule has 0 aromatic carbocycles. The van der Waals surface area contributed by atoms with Crippen LogP contribution in [0.15, 0.2) is 12.4 Å². The Balaban J connectivity index is 2.39. The van der Waals surface area contributed by atoms with Gasteiger partial charge in [0.15, 0.2) is 0 Å². The summed E-state index contributed by atoms with van der Waals surface area (Å²) in [5.41, 5.74) is 6.84. The number of carbonyl (C=O) groups is 1. The zero-order valence-corrected chi connectivity index (χ0v) is 9.85. The van der Waals surface area contributed by atoms with Crippen molar-refractivity contribution in [1.29, 1.82) is 0 Å². The van der Waals surface area contributed by atoms with E-state index in [1.54, 1.807) is 0 Å². The van der Waals surface area contributed by atoms with E-state index in [1.165, 1.54) is 12.7 Å². The third kappa shape index (κ3) is 3.66. The average Bonchev–Trinajstić information content (AvgIpc) is 2.73. The maximum Gasteiger partial charge on any atom is 0.322 e. The monoisotopic (exact) mass is 225 g/mol. The molecule has 0 aliphatic rings. The van der Waals surface area contributed by atoms with Crippen LogP contribution in [0.3, 0.4) is 0 Å². The van der Waals surface area contributed by atoms with Crippen LogP contribution in [0.4, 0.5) is 0 Å². The summed E-state index contributed by atoms with van der Waals surface area (Å²) >= 11 is 0. The normalized spacial score (nSPS) is 12.4. The standard InChI is InChI=1S/C11H19N3O2/c1-3-4-9-7-13-14(8-9)6-5-10(12)11(15)16-2/h7-8,10H,3-6,12H2,1-2H3. The number of nitrogens with two attached hydrogens (primary N) is 1. The second-order valence-corrected chi connectivity index (χ2v) is 3.78. The Morgan fingerprint density at radius 1 is 1.69 bits per heavy atom. The molecule has 5 heteroatoms. The highest BCUT2D eigenvalue weighted by atomic mass is 16.5. The molecule has 0 bridgehead atoms. The summed E-state index contributed by atoms with van der Waals surface area (Å²) in [6.45, 7) is 2.77. The van der Waals surface area contributed by atoms with Crippen molar-refractivity contribution in [3.8, 4) is 0 Å². The van der Waals surface area contributed by atoms with Gasteiger partial charge in [-0.1, -0.05) is 13.3 Å². The Bertz CT molecular complexity index is 336. The first-order valence-corrected chi connectivity index (χ1v) is 5.52. The Morgan fingerprint density at radius 2 is 2.44 bits per heavy atom. The number of nitrogens with zero attached hydrogens (tertiary/aromatic N) is 2. The van der Waals surface area contributed by atoms with Crippen LogP contribution in [-0.4, -0.2) is 28.9 Å². The van der Waals surface area contributed by atoms with Crippen molar-refractivity contribution in [2.45, 2.75) is 38.8 Å². The number of aromatic nitrogens is 2. The van der Waals surface area contributed by atoms with Crippen LogP contribution < -0.4 is 5.73 Å². The van der Waals surface area contributed by atoms with Crippen molar-refractivity contribution < 1.29 is 9.53 Å². The fourth-order valence-corrected chi connectivity index (χ4v) is 1.49. The van der Waals surface area contributed by atoms with Gasteiger partial charge < -0.3 is 10.5 Å². The van der Waals surface area contributed by atoms with E-state index in [4.69, 9.17) is 5.73 Å². The number of methoxy groups -OCH3 is 1. The molecule has 0 spiro atoms. The molecule has 1 aromatic heterocycles. The molecule has 1 aromatic rings. The van der Waals surface area contributed by atoms with Crippen molar-refractivity contribution in [1.82, 2.24) is 9.78 Å². The predicted octanol–water partition coefficient (Wildman–Crippen LogP) is 0.726. The van der Waals surface area contributed by atoms with E-state index < -0.39 is 6.04 Å². The lowest BCUT2D eigenvalue weighted by Crippen LogP contribution is -2.32. The topological polar surface area (TPSA) is 70.1 Å². The van der Waals surface area contributed by atoms with E-state index in [2.05, 4.69) is 16.8 Å². The Morgan fingerprint density at radius 3 is 3.06 bits per heavy atom. The smallest absolute Gasteiger partial charge is 0.322 e. The molecule has 5 nitrogen and oxygen atoms in total. The van der Waals surface area contributed by atoms with Gasteiger partial charge in [-0.05, 0) is 18.4 Å². The summed E-state index contributed by atoms with van der Waals surface area (Å²) in [5.74, 6) is -0.374. The van der Waals surface area contributed by atoms with Gasteiger partial charge >= 0.3 is 5.97 Å². The van der Waals surface area contributed by atoms with Gasteiger partial charge in [0, 0.05) is 12.7 Å². The maximum absolute atomic E-state index is 11.1. The molecule has 1 heterocycles. The van der Waals surface area contributed by atoms with Crippen molar-refractivity contribution in [3.05, 3.63) is 18.0 Å². The number of esters is 1. The molecule has 0 saturated heterocycles. The minimum Gasteiger partial charge on any atom is -0.468 e. The summed E-state index contributed by atoms with van der Waals surface area (Å²) in [7, 11) is 1.34. The van der Waals surface area contributed by atoms with Crippen molar-refractivity contribution in [3.63, 3.8) is 0 Å². The molecule has 2 N–H and O–H groups in total. The molecule has 16 heavy (non-hydrogen) atoms. The van der Waals surface area contributed by atoms with Crippen LogP contribution >= 0.6 is 0 Å². The number of carbonyl (C=O) groups excluding carboxylic acids is 1. The van der Waals surface area contributed by atoms with Gasteiger partial charge in [-0.25, -0.2) is 0 Å². The van der Waals surface area contributed by atoms with E-state index in [0.717, 1.165) is 12.8 Å². The molecule has 1 unspecified atom stereocenters. The molecule has 0 amide bonds. The van der Waals surface area contributed by atoms with E-state index in [0.29, 0.717) is 13.0 Å². The number of aryl methyl sites for hydroxylation is 2. The third-order valence-corrected chi connectivity index (χ3v) is 2.40. The van der Waals surface area contributed by atoms with Crippen LogP contribution in [-0.2, 0) is 22.5 Å². The fourth-order valence-electron chi connectivity index (χ4n) is 1.49. The van der Waals surface area contributed by atoms with Gasteiger partial charge in [0.25, 0.3) is 0 Å². The lowest BCUT2D eigenvalue weighted by atomic mass is 10.2.